The van der Waals surface area contributed by atoms with E-state index in [0.717, 1.165) is 6.42 Å². The Hall–Kier alpha value is -2.03. The molecular formula is C18H28N2O6. The lowest BCUT2D eigenvalue weighted by molar-refractivity contribution is 0.00708. The topological polar surface area (TPSA) is 87.3 Å². The standard InChI is InChI=1S/C18H28N2O6/c1-2-5-19-18(21)20-15-3-4-16-17(14-15)26-13-11-24-9-7-22-6-8-23-10-12-25-16/h3-4,14H,2,5-13H2,1H3,(H2,19,20,21). The fraction of sp³-hybridized carbons (Fsp3) is 0.611. The number of rotatable bonds is 3. The Morgan fingerprint density at radius 1 is 0.885 bits per heavy atom. The highest BCUT2D eigenvalue weighted by Crippen LogP contribution is 2.30. The average molecular weight is 368 g/mol. The van der Waals surface area contributed by atoms with Gasteiger partial charge in [0, 0.05) is 18.3 Å². The Morgan fingerprint density at radius 2 is 1.46 bits per heavy atom. The van der Waals surface area contributed by atoms with Gasteiger partial charge in [0.05, 0.1) is 39.6 Å². The van der Waals surface area contributed by atoms with Crippen LogP contribution in [0.3, 0.4) is 0 Å². The summed E-state index contributed by atoms with van der Waals surface area (Å²) in [4.78, 5) is 11.8. The quantitative estimate of drug-likeness (QED) is 0.849. The number of anilines is 1. The maximum atomic E-state index is 11.8. The second-order valence-corrected chi connectivity index (χ2v) is 5.58. The molecule has 1 aliphatic rings. The number of hydrogen-bond donors (Lipinski definition) is 2. The number of carbonyl (C=O) groups is 1. The van der Waals surface area contributed by atoms with Crippen molar-refractivity contribution in [2.45, 2.75) is 13.3 Å². The number of nitrogens with one attached hydrogen (secondary N) is 2. The average Bonchev–Trinajstić information content (AvgIpc) is 2.65. The van der Waals surface area contributed by atoms with Gasteiger partial charge in [-0.3, -0.25) is 0 Å². The molecule has 0 unspecified atom stereocenters. The third-order valence-electron chi connectivity index (χ3n) is 3.45. The molecule has 1 aliphatic heterocycles. The van der Waals surface area contributed by atoms with Gasteiger partial charge in [-0.05, 0) is 18.6 Å². The molecule has 2 amide bonds. The minimum atomic E-state index is -0.249. The lowest BCUT2D eigenvalue weighted by atomic mass is 10.2. The van der Waals surface area contributed by atoms with Gasteiger partial charge in [-0.15, -0.1) is 0 Å². The predicted octanol–water partition coefficient (Wildman–Crippen LogP) is 2.04. The molecule has 2 N–H and O–H groups in total. The number of benzene rings is 1. The third kappa shape index (κ3) is 7.90. The first-order chi connectivity index (χ1) is 12.8. The molecule has 0 atom stereocenters. The third-order valence-corrected chi connectivity index (χ3v) is 3.45. The molecule has 1 aromatic carbocycles. The molecular weight excluding hydrogens is 340 g/mol. The lowest BCUT2D eigenvalue weighted by Gasteiger charge is -2.15. The van der Waals surface area contributed by atoms with Crippen molar-refractivity contribution in [3.63, 3.8) is 0 Å². The van der Waals surface area contributed by atoms with Crippen LogP contribution in [-0.2, 0) is 14.2 Å². The zero-order valence-corrected chi connectivity index (χ0v) is 15.3. The van der Waals surface area contributed by atoms with Crippen LogP contribution in [0, 0.1) is 0 Å². The highest BCUT2D eigenvalue weighted by molar-refractivity contribution is 5.89. The van der Waals surface area contributed by atoms with Crippen molar-refractivity contribution in [2.24, 2.45) is 0 Å². The fourth-order valence-electron chi connectivity index (χ4n) is 2.19. The Morgan fingerprint density at radius 3 is 2.08 bits per heavy atom. The molecule has 1 heterocycles. The van der Waals surface area contributed by atoms with Crippen molar-refractivity contribution in [3.05, 3.63) is 18.2 Å². The van der Waals surface area contributed by atoms with Crippen molar-refractivity contribution in [1.82, 2.24) is 5.32 Å². The number of ether oxygens (including phenoxy) is 5. The molecule has 26 heavy (non-hydrogen) atoms. The van der Waals surface area contributed by atoms with Gasteiger partial charge in [0.15, 0.2) is 11.5 Å². The van der Waals surface area contributed by atoms with Crippen LogP contribution in [0.5, 0.6) is 11.5 Å². The first-order valence-electron chi connectivity index (χ1n) is 8.97. The molecule has 8 nitrogen and oxygen atoms in total. The molecule has 0 aliphatic carbocycles. The van der Waals surface area contributed by atoms with Crippen LogP contribution in [0.1, 0.15) is 13.3 Å². The van der Waals surface area contributed by atoms with Gasteiger partial charge in [0.1, 0.15) is 13.2 Å². The Balaban J connectivity index is 1.98. The molecule has 0 saturated heterocycles. The van der Waals surface area contributed by atoms with E-state index in [1.807, 2.05) is 6.92 Å². The van der Waals surface area contributed by atoms with Crippen LogP contribution in [0.4, 0.5) is 10.5 Å². The number of urea groups is 1. The summed E-state index contributed by atoms with van der Waals surface area (Å²) in [6.45, 7) is 6.37. The number of hydrogen-bond acceptors (Lipinski definition) is 6. The summed E-state index contributed by atoms with van der Waals surface area (Å²) < 4.78 is 27.8. The first-order valence-corrected chi connectivity index (χ1v) is 8.97. The van der Waals surface area contributed by atoms with Crippen molar-refractivity contribution in [2.75, 3.05) is 64.7 Å². The normalized spacial score (nSPS) is 16.8. The Bertz CT molecular complexity index is 540. The zero-order valence-electron chi connectivity index (χ0n) is 15.3. The van der Waals surface area contributed by atoms with Crippen LogP contribution < -0.4 is 20.1 Å². The van der Waals surface area contributed by atoms with E-state index in [0.29, 0.717) is 76.6 Å². The van der Waals surface area contributed by atoms with Gasteiger partial charge in [0.2, 0.25) is 0 Å². The minimum absolute atomic E-state index is 0.249. The summed E-state index contributed by atoms with van der Waals surface area (Å²) in [5.74, 6) is 1.15. The van der Waals surface area contributed by atoms with E-state index in [-0.39, 0.29) is 6.03 Å². The van der Waals surface area contributed by atoms with Gasteiger partial charge in [-0.1, -0.05) is 6.92 Å². The van der Waals surface area contributed by atoms with Crippen molar-refractivity contribution in [1.29, 1.82) is 0 Å². The molecule has 8 heteroatoms. The SMILES string of the molecule is CCCNC(=O)Nc1ccc2c(c1)OCCOCCOCCOCCO2. The largest absolute Gasteiger partial charge is 0.487 e. The predicted molar refractivity (Wildman–Crippen MR) is 97.2 cm³/mol. The maximum absolute atomic E-state index is 11.8. The molecule has 0 radical (unpaired) electrons. The maximum Gasteiger partial charge on any atom is 0.319 e. The van der Waals surface area contributed by atoms with Crippen LogP contribution in [-0.4, -0.2) is 65.4 Å². The highest BCUT2D eigenvalue weighted by atomic mass is 16.6. The van der Waals surface area contributed by atoms with Crippen LogP contribution in [0.15, 0.2) is 18.2 Å². The van der Waals surface area contributed by atoms with Crippen LogP contribution >= 0.6 is 0 Å². The summed E-state index contributed by atoms with van der Waals surface area (Å²) in [7, 11) is 0. The van der Waals surface area contributed by atoms with E-state index in [9.17, 15) is 4.79 Å². The van der Waals surface area contributed by atoms with Crippen LogP contribution in [0.25, 0.3) is 0 Å². The summed E-state index contributed by atoms with van der Waals surface area (Å²) in [5.41, 5.74) is 0.629. The van der Waals surface area contributed by atoms with Crippen molar-refractivity contribution < 1.29 is 28.5 Å². The van der Waals surface area contributed by atoms with E-state index in [1.165, 1.54) is 0 Å². The van der Waals surface area contributed by atoms with E-state index in [4.69, 9.17) is 23.7 Å². The van der Waals surface area contributed by atoms with Gasteiger partial charge in [-0.25, -0.2) is 4.79 Å². The van der Waals surface area contributed by atoms with Gasteiger partial charge >= 0.3 is 6.03 Å². The first kappa shape index (κ1) is 20.3. The number of carbonyl (C=O) groups excluding carboxylic acids is 1. The zero-order chi connectivity index (χ0) is 18.5. The summed E-state index contributed by atoms with van der Waals surface area (Å²) in [6, 6.07) is 5.03. The van der Waals surface area contributed by atoms with E-state index >= 15 is 0 Å². The Labute approximate surface area is 154 Å². The monoisotopic (exact) mass is 368 g/mol. The van der Waals surface area contributed by atoms with E-state index < -0.39 is 0 Å². The van der Waals surface area contributed by atoms with Crippen molar-refractivity contribution >= 4 is 11.7 Å². The second-order valence-electron chi connectivity index (χ2n) is 5.58. The number of amides is 2. The molecule has 1 aromatic rings. The molecule has 0 saturated carbocycles. The Kier molecular flexibility index (Phi) is 9.63. The molecule has 0 aromatic heterocycles. The van der Waals surface area contributed by atoms with Crippen LogP contribution in [0.2, 0.25) is 0 Å². The highest BCUT2D eigenvalue weighted by Gasteiger charge is 2.09. The fourth-order valence-corrected chi connectivity index (χ4v) is 2.19. The smallest absolute Gasteiger partial charge is 0.319 e. The van der Waals surface area contributed by atoms with Gasteiger partial charge in [0.25, 0.3) is 0 Å². The summed E-state index contributed by atoms with van der Waals surface area (Å²) in [5, 5.41) is 5.55. The molecule has 146 valence electrons. The lowest BCUT2D eigenvalue weighted by Crippen LogP contribution is -2.29. The van der Waals surface area contributed by atoms with Gasteiger partial charge in [-0.2, -0.15) is 0 Å². The molecule has 2 rings (SSSR count). The van der Waals surface area contributed by atoms with E-state index in [1.54, 1.807) is 18.2 Å². The van der Waals surface area contributed by atoms with Crippen molar-refractivity contribution in [3.8, 4) is 11.5 Å². The number of fused-ring (bicyclic) bond motifs is 1. The summed E-state index contributed by atoms with van der Waals surface area (Å²) in [6.07, 6.45) is 0.877. The summed E-state index contributed by atoms with van der Waals surface area (Å²) >= 11 is 0. The molecule has 0 bridgehead atoms. The second kappa shape index (κ2) is 12.3. The molecule has 0 spiro atoms. The van der Waals surface area contributed by atoms with Gasteiger partial charge < -0.3 is 34.3 Å². The van der Waals surface area contributed by atoms with E-state index in [2.05, 4.69) is 10.6 Å². The minimum Gasteiger partial charge on any atom is -0.487 e. The molecule has 0 fully saturated rings.